The number of hydrogen-bond acceptors (Lipinski definition) is 6. The summed E-state index contributed by atoms with van der Waals surface area (Å²) in [6.45, 7) is 3.90. The number of hydrogen-bond donors (Lipinski definition) is 3. The second-order valence-electron chi connectivity index (χ2n) is 8.02. The largest absolute Gasteiger partial charge is 0.325 e. The van der Waals surface area contributed by atoms with Gasteiger partial charge in [0.1, 0.15) is 0 Å². The highest BCUT2D eigenvalue weighted by atomic mass is 32.2. The fourth-order valence-electron chi connectivity index (χ4n) is 3.58. The van der Waals surface area contributed by atoms with Gasteiger partial charge in [-0.05, 0) is 49.2 Å². The van der Waals surface area contributed by atoms with E-state index >= 15 is 0 Å². The Labute approximate surface area is 212 Å². The SMILES string of the molecule is CCc1ccccc1NC(=O)CSc1nnc(-c2cc(C)ccc2NC(=O)c2ccccc2)c(=O)[nH]1. The molecule has 0 bridgehead atoms. The minimum atomic E-state index is -0.468. The van der Waals surface area contributed by atoms with Crippen LogP contribution in [0.2, 0.25) is 0 Å². The zero-order valence-electron chi connectivity index (χ0n) is 19.9. The van der Waals surface area contributed by atoms with Gasteiger partial charge in [-0.2, -0.15) is 0 Å². The minimum Gasteiger partial charge on any atom is -0.325 e. The van der Waals surface area contributed by atoms with Crippen LogP contribution in [-0.4, -0.2) is 32.7 Å². The normalized spacial score (nSPS) is 10.6. The fourth-order valence-corrected chi connectivity index (χ4v) is 4.18. The van der Waals surface area contributed by atoms with Gasteiger partial charge in [-0.3, -0.25) is 19.4 Å². The van der Waals surface area contributed by atoms with E-state index in [0.29, 0.717) is 16.8 Å². The lowest BCUT2D eigenvalue weighted by Gasteiger charge is -2.12. The summed E-state index contributed by atoms with van der Waals surface area (Å²) < 4.78 is 0. The molecule has 2 amide bonds. The van der Waals surface area contributed by atoms with Crippen LogP contribution in [0, 0.1) is 6.92 Å². The first-order valence-electron chi connectivity index (χ1n) is 11.4. The van der Waals surface area contributed by atoms with Crippen LogP contribution in [0.3, 0.4) is 0 Å². The summed E-state index contributed by atoms with van der Waals surface area (Å²) in [5.41, 5.74) is 3.72. The lowest BCUT2D eigenvalue weighted by Crippen LogP contribution is -2.19. The monoisotopic (exact) mass is 499 g/mol. The van der Waals surface area contributed by atoms with Crippen molar-refractivity contribution < 1.29 is 9.59 Å². The molecule has 0 saturated heterocycles. The highest BCUT2D eigenvalue weighted by Crippen LogP contribution is 2.26. The Hall–Kier alpha value is -4.24. The van der Waals surface area contributed by atoms with Gasteiger partial charge < -0.3 is 10.6 Å². The van der Waals surface area contributed by atoms with E-state index in [1.807, 2.05) is 50.2 Å². The van der Waals surface area contributed by atoms with Crippen molar-refractivity contribution in [2.24, 2.45) is 0 Å². The third kappa shape index (κ3) is 6.05. The first-order chi connectivity index (χ1) is 17.4. The summed E-state index contributed by atoms with van der Waals surface area (Å²) in [5.74, 6) is -0.449. The van der Waals surface area contributed by atoms with E-state index in [4.69, 9.17) is 0 Å². The predicted molar refractivity (Wildman–Crippen MR) is 142 cm³/mol. The number of para-hydroxylation sites is 1. The van der Waals surface area contributed by atoms with Crippen molar-refractivity contribution >= 4 is 35.0 Å². The van der Waals surface area contributed by atoms with Crippen LogP contribution in [0.5, 0.6) is 0 Å². The first kappa shape index (κ1) is 24.9. The van der Waals surface area contributed by atoms with E-state index in [-0.39, 0.29) is 28.4 Å². The van der Waals surface area contributed by atoms with E-state index in [2.05, 4.69) is 25.8 Å². The summed E-state index contributed by atoms with van der Waals surface area (Å²) >= 11 is 1.08. The van der Waals surface area contributed by atoms with Gasteiger partial charge in [-0.15, -0.1) is 10.2 Å². The van der Waals surface area contributed by atoms with E-state index < -0.39 is 5.56 Å². The molecule has 9 heteroatoms. The Morgan fingerprint density at radius 3 is 2.42 bits per heavy atom. The molecule has 3 aromatic carbocycles. The number of H-pyrrole nitrogens is 1. The molecule has 182 valence electrons. The molecule has 0 saturated carbocycles. The quantitative estimate of drug-likeness (QED) is 0.303. The Kier molecular flexibility index (Phi) is 7.92. The lowest BCUT2D eigenvalue weighted by molar-refractivity contribution is -0.113. The molecule has 3 N–H and O–H groups in total. The van der Waals surface area contributed by atoms with Gasteiger partial charge in [0.15, 0.2) is 10.9 Å². The molecular formula is C27H25N5O3S. The average molecular weight is 500 g/mol. The van der Waals surface area contributed by atoms with E-state index in [1.54, 1.807) is 36.4 Å². The van der Waals surface area contributed by atoms with Crippen molar-refractivity contribution in [2.75, 3.05) is 16.4 Å². The third-order valence-electron chi connectivity index (χ3n) is 5.40. The zero-order valence-corrected chi connectivity index (χ0v) is 20.7. The molecule has 8 nitrogen and oxygen atoms in total. The smallest absolute Gasteiger partial charge is 0.278 e. The second kappa shape index (κ2) is 11.5. The molecule has 4 aromatic rings. The van der Waals surface area contributed by atoms with Gasteiger partial charge in [-0.1, -0.05) is 66.7 Å². The second-order valence-corrected chi connectivity index (χ2v) is 8.99. The molecular weight excluding hydrogens is 474 g/mol. The molecule has 36 heavy (non-hydrogen) atoms. The highest BCUT2D eigenvalue weighted by molar-refractivity contribution is 7.99. The van der Waals surface area contributed by atoms with Gasteiger partial charge in [0.05, 0.1) is 11.4 Å². The van der Waals surface area contributed by atoms with Gasteiger partial charge >= 0.3 is 0 Å². The molecule has 1 aromatic heterocycles. The molecule has 0 aliphatic heterocycles. The Morgan fingerprint density at radius 1 is 0.917 bits per heavy atom. The lowest BCUT2D eigenvalue weighted by atomic mass is 10.1. The number of thioether (sulfide) groups is 1. The predicted octanol–water partition coefficient (Wildman–Crippen LogP) is 4.69. The molecule has 0 atom stereocenters. The molecule has 0 unspecified atom stereocenters. The average Bonchev–Trinajstić information content (AvgIpc) is 2.89. The van der Waals surface area contributed by atoms with Crippen LogP contribution < -0.4 is 16.2 Å². The number of amides is 2. The molecule has 1 heterocycles. The number of aromatic nitrogens is 3. The highest BCUT2D eigenvalue weighted by Gasteiger charge is 2.16. The fraction of sp³-hybridized carbons (Fsp3) is 0.148. The number of carbonyl (C=O) groups is 2. The maximum Gasteiger partial charge on any atom is 0.278 e. The molecule has 4 rings (SSSR count). The minimum absolute atomic E-state index is 0.0604. The number of aryl methyl sites for hydroxylation is 2. The standard InChI is InChI=1S/C27H25N5O3S/c1-3-18-9-7-8-12-21(18)28-23(33)16-36-27-30-26(35)24(31-32-27)20-15-17(2)13-14-22(20)29-25(34)19-10-5-4-6-11-19/h4-15H,3,16H2,1-2H3,(H,28,33)(H,29,34)(H,30,32,35). The maximum absolute atomic E-state index is 12.9. The number of benzene rings is 3. The molecule has 0 aliphatic rings. The van der Waals surface area contributed by atoms with Crippen molar-refractivity contribution in [3.63, 3.8) is 0 Å². The van der Waals surface area contributed by atoms with Crippen LogP contribution >= 0.6 is 11.8 Å². The van der Waals surface area contributed by atoms with E-state index in [0.717, 1.165) is 35.0 Å². The zero-order chi connectivity index (χ0) is 25.5. The Bertz CT molecular complexity index is 1450. The summed E-state index contributed by atoms with van der Waals surface area (Å²) in [7, 11) is 0. The summed E-state index contributed by atoms with van der Waals surface area (Å²) in [6.07, 6.45) is 0.802. The van der Waals surface area contributed by atoms with Crippen LogP contribution in [0.1, 0.15) is 28.4 Å². The van der Waals surface area contributed by atoms with E-state index in [9.17, 15) is 14.4 Å². The third-order valence-corrected chi connectivity index (χ3v) is 6.27. The first-order valence-corrected chi connectivity index (χ1v) is 12.4. The van der Waals surface area contributed by atoms with Crippen molar-refractivity contribution in [3.05, 3.63) is 99.8 Å². The van der Waals surface area contributed by atoms with Crippen molar-refractivity contribution in [1.29, 1.82) is 0 Å². The van der Waals surface area contributed by atoms with Crippen molar-refractivity contribution in [3.8, 4) is 11.3 Å². The number of aromatic amines is 1. The van der Waals surface area contributed by atoms with Crippen LogP contribution in [0.4, 0.5) is 11.4 Å². The van der Waals surface area contributed by atoms with Crippen LogP contribution in [0.15, 0.2) is 82.7 Å². The molecule has 0 radical (unpaired) electrons. The van der Waals surface area contributed by atoms with Crippen LogP contribution in [0.25, 0.3) is 11.3 Å². The summed E-state index contributed by atoms with van der Waals surface area (Å²) in [5, 5.41) is 14.2. The van der Waals surface area contributed by atoms with Gasteiger partial charge in [0, 0.05) is 16.8 Å². The number of nitrogens with one attached hydrogen (secondary N) is 3. The molecule has 0 aliphatic carbocycles. The Balaban J connectivity index is 1.49. The van der Waals surface area contributed by atoms with Crippen LogP contribution in [-0.2, 0) is 11.2 Å². The number of nitrogens with zero attached hydrogens (tertiary/aromatic N) is 2. The van der Waals surface area contributed by atoms with Gasteiger partial charge in [0.25, 0.3) is 11.5 Å². The number of anilines is 2. The molecule has 0 spiro atoms. The van der Waals surface area contributed by atoms with Gasteiger partial charge in [-0.25, -0.2) is 0 Å². The van der Waals surface area contributed by atoms with E-state index in [1.165, 1.54) is 0 Å². The topological polar surface area (TPSA) is 117 Å². The summed E-state index contributed by atoms with van der Waals surface area (Å²) in [4.78, 5) is 40.7. The number of rotatable bonds is 8. The van der Waals surface area contributed by atoms with Crippen molar-refractivity contribution in [1.82, 2.24) is 15.2 Å². The number of carbonyl (C=O) groups excluding carboxylic acids is 2. The maximum atomic E-state index is 12.9. The van der Waals surface area contributed by atoms with Crippen molar-refractivity contribution in [2.45, 2.75) is 25.4 Å². The molecule has 0 fully saturated rings. The Morgan fingerprint density at radius 2 is 1.67 bits per heavy atom. The van der Waals surface area contributed by atoms with Gasteiger partial charge in [0.2, 0.25) is 5.91 Å². The summed E-state index contributed by atoms with van der Waals surface area (Å²) in [6, 6.07) is 21.8.